The number of phenolic OH excluding ortho intramolecular Hbond substituents is 1. The molecule has 3 rings (SSSR count). The summed E-state index contributed by atoms with van der Waals surface area (Å²) in [6, 6.07) is 14.5. The highest BCUT2D eigenvalue weighted by Crippen LogP contribution is 2.35. The molecule has 1 heterocycles. The minimum absolute atomic E-state index is 0.132. The number of para-hydroxylation sites is 1. The van der Waals surface area contributed by atoms with E-state index in [2.05, 4.69) is 10.5 Å². The fourth-order valence-electron chi connectivity index (χ4n) is 2.38. The van der Waals surface area contributed by atoms with Crippen LogP contribution in [0.3, 0.4) is 0 Å². The zero-order valence-electron chi connectivity index (χ0n) is 12.9. The molecule has 3 aromatic rings. The number of carbonyl (C=O) groups is 1. The SMILES string of the molecule is CCC(=NNC(=O)c1sc2ccccc2c1Cl)c1ccccc1O. The number of halogens is 1. The molecule has 0 radical (unpaired) electrons. The van der Waals surface area contributed by atoms with Crippen LogP contribution in [0.15, 0.2) is 53.6 Å². The number of nitrogens with one attached hydrogen (secondary N) is 1. The molecule has 2 N–H and O–H groups in total. The minimum atomic E-state index is -0.359. The molecule has 0 fully saturated rings. The first-order valence-electron chi connectivity index (χ1n) is 7.44. The van der Waals surface area contributed by atoms with Gasteiger partial charge in [-0.25, -0.2) is 5.43 Å². The summed E-state index contributed by atoms with van der Waals surface area (Å²) in [4.78, 5) is 12.8. The molecule has 0 unspecified atom stereocenters. The van der Waals surface area contributed by atoms with E-state index >= 15 is 0 Å². The number of thiophene rings is 1. The number of phenols is 1. The standard InChI is InChI=1S/C18H15ClN2O2S/c1-2-13(11-7-3-5-9-14(11)22)20-21-18(23)17-16(19)12-8-4-6-10-15(12)24-17/h3-10,22H,2H2,1H3,(H,21,23). The van der Waals surface area contributed by atoms with Gasteiger partial charge in [0.25, 0.3) is 5.91 Å². The Hall–Kier alpha value is -2.37. The van der Waals surface area contributed by atoms with Crippen molar-refractivity contribution in [3.05, 3.63) is 64.0 Å². The van der Waals surface area contributed by atoms with Crippen molar-refractivity contribution >= 4 is 44.6 Å². The molecule has 24 heavy (non-hydrogen) atoms. The Bertz CT molecular complexity index is 934. The zero-order valence-corrected chi connectivity index (χ0v) is 14.5. The van der Waals surface area contributed by atoms with Crippen LogP contribution in [0.4, 0.5) is 0 Å². The van der Waals surface area contributed by atoms with E-state index in [1.807, 2.05) is 37.3 Å². The van der Waals surface area contributed by atoms with Crippen LogP contribution in [0.25, 0.3) is 10.1 Å². The van der Waals surface area contributed by atoms with Crippen LogP contribution in [0.1, 0.15) is 28.6 Å². The summed E-state index contributed by atoms with van der Waals surface area (Å²) >= 11 is 7.63. The van der Waals surface area contributed by atoms with Crippen LogP contribution >= 0.6 is 22.9 Å². The van der Waals surface area contributed by atoms with Crippen molar-refractivity contribution in [2.45, 2.75) is 13.3 Å². The van der Waals surface area contributed by atoms with Gasteiger partial charge in [-0.1, -0.05) is 48.9 Å². The quantitative estimate of drug-likeness (QED) is 0.519. The van der Waals surface area contributed by atoms with E-state index < -0.39 is 0 Å². The number of hydrazone groups is 1. The number of hydrogen-bond donors (Lipinski definition) is 2. The molecule has 0 aliphatic heterocycles. The van der Waals surface area contributed by atoms with Crippen molar-refractivity contribution in [1.82, 2.24) is 5.43 Å². The van der Waals surface area contributed by atoms with E-state index in [0.717, 1.165) is 10.1 Å². The molecule has 1 amide bonds. The molecule has 0 aliphatic rings. The number of aromatic hydroxyl groups is 1. The molecule has 0 saturated heterocycles. The van der Waals surface area contributed by atoms with Gasteiger partial charge in [0.1, 0.15) is 10.6 Å². The number of fused-ring (bicyclic) bond motifs is 1. The zero-order chi connectivity index (χ0) is 17.1. The average Bonchev–Trinajstić information content (AvgIpc) is 2.94. The van der Waals surface area contributed by atoms with Gasteiger partial charge in [-0.3, -0.25) is 4.79 Å². The fourth-order valence-corrected chi connectivity index (χ4v) is 3.78. The lowest BCUT2D eigenvalue weighted by Gasteiger charge is -2.06. The summed E-state index contributed by atoms with van der Waals surface area (Å²) in [5.41, 5.74) is 3.74. The molecular formula is C18H15ClN2O2S. The van der Waals surface area contributed by atoms with Crippen LogP contribution < -0.4 is 5.43 Å². The Labute approximate surface area is 148 Å². The summed E-state index contributed by atoms with van der Waals surface area (Å²) in [5, 5.41) is 15.4. The van der Waals surface area contributed by atoms with E-state index in [1.165, 1.54) is 11.3 Å². The summed E-state index contributed by atoms with van der Waals surface area (Å²) in [7, 11) is 0. The monoisotopic (exact) mass is 358 g/mol. The van der Waals surface area contributed by atoms with Gasteiger partial charge < -0.3 is 5.11 Å². The van der Waals surface area contributed by atoms with Crippen LogP contribution in [0, 0.1) is 0 Å². The number of carbonyl (C=O) groups excluding carboxylic acids is 1. The minimum Gasteiger partial charge on any atom is -0.507 e. The lowest BCUT2D eigenvalue weighted by Crippen LogP contribution is -2.19. The smallest absolute Gasteiger partial charge is 0.283 e. The molecule has 0 spiro atoms. The van der Waals surface area contributed by atoms with Gasteiger partial charge in [0.05, 0.1) is 10.7 Å². The van der Waals surface area contributed by atoms with E-state index in [4.69, 9.17) is 11.6 Å². The molecule has 122 valence electrons. The van der Waals surface area contributed by atoms with Gasteiger partial charge in [0, 0.05) is 15.6 Å². The molecule has 1 aromatic heterocycles. The van der Waals surface area contributed by atoms with Crippen LogP contribution in [-0.4, -0.2) is 16.7 Å². The first-order valence-corrected chi connectivity index (χ1v) is 8.63. The Balaban J connectivity index is 1.88. The molecule has 0 aliphatic carbocycles. The summed E-state index contributed by atoms with van der Waals surface area (Å²) in [6.07, 6.45) is 0.567. The molecule has 0 atom stereocenters. The van der Waals surface area contributed by atoms with Crippen LogP contribution in [0.2, 0.25) is 5.02 Å². The first kappa shape index (κ1) is 16.5. The third kappa shape index (κ3) is 3.13. The predicted octanol–water partition coefficient (Wildman–Crippen LogP) is 4.80. The van der Waals surface area contributed by atoms with E-state index in [9.17, 15) is 9.90 Å². The van der Waals surface area contributed by atoms with Crippen molar-refractivity contribution in [2.75, 3.05) is 0 Å². The van der Waals surface area contributed by atoms with Crippen molar-refractivity contribution in [3.63, 3.8) is 0 Å². The number of hydrogen-bond acceptors (Lipinski definition) is 4. The maximum atomic E-state index is 12.4. The topological polar surface area (TPSA) is 61.7 Å². The highest BCUT2D eigenvalue weighted by atomic mass is 35.5. The maximum Gasteiger partial charge on any atom is 0.283 e. The number of nitrogens with zero attached hydrogens (tertiary/aromatic N) is 1. The molecular weight excluding hydrogens is 344 g/mol. The van der Waals surface area contributed by atoms with Gasteiger partial charge in [-0.15, -0.1) is 11.3 Å². The van der Waals surface area contributed by atoms with Crippen molar-refractivity contribution < 1.29 is 9.90 Å². The largest absolute Gasteiger partial charge is 0.507 e. The lowest BCUT2D eigenvalue weighted by molar-refractivity contribution is 0.0959. The average molecular weight is 359 g/mol. The lowest BCUT2D eigenvalue weighted by atomic mass is 10.1. The second kappa shape index (κ2) is 7.03. The van der Waals surface area contributed by atoms with Crippen LogP contribution in [0.5, 0.6) is 5.75 Å². The Morgan fingerprint density at radius 3 is 2.62 bits per heavy atom. The highest BCUT2D eigenvalue weighted by Gasteiger charge is 2.17. The fraction of sp³-hybridized carbons (Fsp3) is 0.111. The number of amides is 1. The Kier molecular flexibility index (Phi) is 4.83. The third-order valence-corrected chi connectivity index (χ3v) is 5.26. The second-order valence-corrected chi connectivity index (χ2v) is 6.54. The maximum absolute atomic E-state index is 12.4. The van der Waals surface area contributed by atoms with E-state index in [1.54, 1.807) is 18.2 Å². The summed E-state index contributed by atoms with van der Waals surface area (Å²) in [6.45, 7) is 1.91. The van der Waals surface area contributed by atoms with E-state index in [0.29, 0.717) is 27.6 Å². The summed E-state index contributed by atoms with van der Waals surface area (Å²) in [5.74, 6) is -0.227. The normalized spacial score (nSPS) is 11.7. The number of rotatable bonds is 4. The van der Waals surface area contributed by atoms with Gasteiger partial charge in [0.15, 0.2) is 0 Å². The third-order valence-electron chi connectivity index (χ3n) is 3.58. The van der Waals surface area contributed by atoms with Crippen molar-refractivity contribution in [1.29, 1.82) is 0 Å². The first-order chi connectivity index (χ1) is 11.6. The summed E-state index contributed by atoms with van der Waals surface area (Å²) < 4.78 is 0.952. The highest BCUT2D eigenvalue weighted by molar-refractivity contribution is 7.21. The van der Waals surface area contributed by atoms with Crippen LogP contribution in [-0.2, 0) is 0 Å². The number of benzene rings is 2. The molecule has 6 heteroatoms. The van der Waals surface area contributed by atoms with Crippen molar-refractivity contribution in [3.8, 4) is 5.75 Å². The molecule has 2 aromatic carbocycles. The van der Waals surface area contributed by atoms with Gasteiger partial charge in [-0.2, -0.15) is 5.10 Å². The van der Waals surface area contributed by atoms with E-state index in [-0.39, 0.29) is 11.7 Å². The second-order valence-electron chi connectivity index (χ2n) is 5.11. The van der Waals surface area contributed by atoms with Crippen molar-refractivity contribution in [2.24, 2.45) is 5.10 Å². The Morgan fingerprint density at radius 2 is 1.92 bits per heavy atom. The molecule has 0 saturated carbocycles. The molecule has 4 nitrogen and oxygen atoms in total. The molecule has 0 bridgehead atoms. The van der Waals surface area contributed by atoms with Gasteiger partial charge in [0.2, 0.25) is 0 Å². The van der Waals surface area contributed by atoms with Gasteiger partial charge >= 0.3 is 0 Å². The Morgan fingerprint density at radius 1 is 1.21 bits per heavy atom. The van der Waals surface area contributed by atoms with Gasteiger partial charge in [-0.05, 0) is 24.6 Å². The predicted molar refractivity (Wildman–Crippen MR) is 99.2 cm³/mol.